The first-order valence-electron chi connectivity index (χ1n) is 6.57. The lowest BCUT2D eigenvalue weighted by Crippen LogP contribution is -2.34. The molecule has 1 atom stereocenters. The van der Waals surface area contributed by atoms with E-state index in [0.717, 1.165) is 17.7 Å². The van der Waals surface area contributed by atoms with Gasteiger partial charge in [-0.3, -0.25) is 0 Å². The molecule has 0 spiro atoms. The summed E-state index contributed by atoms with van der Waals surface area (Å²) in [6.07, 6.45) is 2.31. The summed E-state index contributed by atoms with van der Waals surface area (Å²) in [5.41, 5.74) is 1.20. The lowest BCUT2D eigenvalue weighted by molar-refractivity contribution is 0.0698. The Morgan fingerprint density at radius 2 is 2.25 bits per heavy atom. The molecule has 1 fully saturated rings. The average molecular weight is 294 g/mol. The van der Waals surface area contributed by atoms with Crippen LogP contribution in [0.15, 0.2) is 18.2 Å². The maximum Gasteiger partial charge on any atom is 0.337 e. The molecule has 1 unspecified atom stereocenters. The zero-order valence-corrected chi connectivity index (χ0v) is 12.1. The molecular formula is C14H18N2O3S. The predicted octanol–water partition coefficient (Wildman–Crippen LogP) is 2.71. The number of aryl methyl sites for hydroxylation is 1. The number of thioether (sulfide) groups is 1. The zero-order chi connectivity index (χ0) is 14.5. The summed E-state index contributed by atoms with van der Waals surface area (Å²) in [5.74, 6) is 0.102. The van der Waals surface area contributed by atoms with Gasteiger partial charge in [-0.05, 0) is 37.1 Å². The largest absolute Gasteiger partial charge is 0.478 e. The fraction of sp³-hybridized carbons (Fsp3) is 0.429. The third-order valence-corrected chi connectivity index (χ3v) is 4.65. The average Bonchev–Trinajstić information content (AvgIpc) is 2.91. The lowest BCUT2D eigenvalue weighted by atomic mass is 10.1. The number of para-hydroxylation sites is 1. The first-order valence-corrected chi connectivity index (χ1v) is 7.62. The van der Waals surface area contributed by atoms with E-state index in [4.69, 9.17) is 5.11 Å². The fourth-order valence-electron chi connectivity index (χ4n) is 2.18. The molecule has 0 bridgehead atoms. The van der Waals surface area contributed by atoms with Gasteiger partial charge in [0.15, 0.2) is 0 Å². The third-order valence-electron chi connectivity index (χ3n) is 3.26. The van der Waals surface area contributed by atoms with Crippen LogP contribution in [0.1, 0.15) is 28.8 Å². The van der Waals surface area contributed by atoms with Gasteiger partial charge in [0.25, 0.3) is 0 Å². The van der Waals surface area contributed by atoms with E-state index in [9.17, 15) is 9.59 Å². The number of urea groups is 1. The van der Waals surface area contributed by atoms with Gasteiger partial charge in [-0.1, -0.05) is 12.1 Å². The number of benzene rings is 1. The SMILES string of the molecule is Cc1cccc(C(=O)O)c1NC(=O)NCC1CCCS1. The molecule has 0 aliphatic carbocycles. The molecule has 1 heterocycles. The molecule has 1 aliphatic heterocycles. The third kappa shape index (κ3) is 3.66. The number of anilines is 1. The van der Waals surface area contributed by atoms with E-state index in [-0.39, 0.29) is 11.6 Å². The van der Waals surface area contributed by atoms with Crippen molar-refractivity contribution in [3.05, 3.63) is 29.3 Å². The topological polar surface area (TPSA) is 78.4 Å². The summed E-state index contributed by atoms with van der Waals surface area (Å²) >= 11 is 1.87. The number of carboxylic acid groups (broad SMARTS) is 1. The Bertz CT molecular complexity index is 513. The van der Waals surface area contributed by atoms with Crippen LogP contribution >= 0.6 is 11.8 Å². The van der Waals surface area contributed by atoms with Gasteiger partial charge >= 0.3 is 12.0 Å². The molecule has 0 radical (unpaired) electrons. The van der Waals surface area contributed by atoms with Crippen molar-refractivity contribution in [1.29, 1.82) is 0 Å². The highest BCUT2D eigenvalue weighted by Crippen LogP contribution is 2.25. The van der Waals surface area contributed by atoms with Crippen LogP contribution in [0.2, 0.25) is 0 Å². The van der Waals surface area contributed by atoms with Crippen molar-refractivity contribution >= 4 is 29.4 Å². The molecule has 20 heavy (non-hydrogen) atoms. The minimum Gasteiger partial charge on any atom is -0.478 e. The van der Waals surface area contributed by atoms with Crippen molar-refractivity contribution in [3.63, 3.8) is 0 Å². The number of rotatable bonds is 4. The Morgan fingerprint density at radius 1 is 1.45 bits per heavy atom. The van der Waals surface area contributed by atoms with Crippen LogP contribution in [0.3, 0.4) is 0 Å². The molecule has 1 aromatic carbocycles. The van der Waals surface area contributed by atoms with E-state index < -0.39 is 5.97 Å². The molecular weight excluding hydrogens is 276 g/mol. The molecule has 0 saturated carbocycles. The van der Waals surface area contributed by atoms with Gasteiger partial charge < -0.3 is 15.7 Å². The van der Waals surface area contributed by atoms with Gasteiger partial charge in [0.05, 0.1) is 11.3 Å². The van der Waals surface area contributed by atoms with E-state index in [1.54, 1.807) is 19.1 Å². The van der Waals surface area contributed by atoms with Gasteiger partial charge in [0.2, 0.25) is 0 Å². The van der Waals surface area contributed by atoms with E-state index in [1.165, 1.54) is 12.5 Å². The van der Waals surface area contributed by atoms with Crippen LogP contribution in [-0.2, 0) is 0 Å². The summed E-state index contributed by atoms with van der Waals surface area (Å²) in [6.45, 7) is 2.39. The van der Waals surface area contributed by atoms with Crippen LogP contribution in [0.25, 0.3) is 0 Å². The summed E-state index contributed by atoms with van der Waals surface area (Å²) in [4.78, 5) is 23.0. The van der Waals surface area contributed by atoms with Crippen molar-refractivity contribution in [2.24, 2.45) is 0 Å². The van der Waals surface area contributed by atoms with Crippen molar-refractivity contribution in [3.8, 4) is 0 Å². The summed E-state index contributed by atoms with van der Waals surface area (Å²) in [6, 6.07) is 4.57. The maximum absolute atomic E-state index is 11.9. The van der Waals surface area contributed by atoms with Crippen LogP contribution < -0.4 is 10.6 Å². The van der Waals surface area contributed by atoms with Crippen LogP contribution in [0.4, 0.5) is 10.5 Å². The van der Waals surface area contributed by atoms with E-state index in [2.05, 4.69) is 10.6 Å². The van der Waals surface area contributed by atoms with Crippen molar-refractivity contribution in [2.75, 3.05) is 17.6 Å². The summed E-state index contributed by atoms with van der Waals surface area (Å²) in [5, 5.41) is 15.0. The van der Waals surface area contributed by atoms with Gasteiger partial charge in [0.1, 0.15) is 0 Å². The highest BCUT2D eigenvalue weighted by atomic mass is 32.2. The molecule has 5 nitrogen and oxygen atoms in total. The molecule has 1 aromatic rings. The monoisotopic (exact) mass is 294 g/mol. The molecule has 2 rings (SSSR count). The number of hydrogen-bond acceptors (Lipinski definition) is 3. The fourth-order valence-corrected chi connectivity index (χ4v) is 3.38. The molecule has 2 amide bonds. The molecule has 1 saturated heterocycles. The van der Waals surface area contributed by atoms with Gasteiger partial charge in [-0.2, -0.15) is 11.8 Å². The van der Waals surface area contributed by atoms with E-state index >= 15 is 0 Å². The summed E-state index contributed by atoms with van der Waals surface area (Å²) < 4.78 is 0. The van der Waals surface area contributed by atoms with Gasteiger partial charge in [-0.25, -0.2) is 9.59 Å². The maximum atomic E-state index is 11.9. The highest BCUT2D eigenvalue weighted by Gasteiger charge is 2.18. The van der Waals surface area contributed by atoms with Crippen LogP contribution in [0, 0.1) is 6.92 Å². The first-order chi connectivity index (χ1) is 9.58. The van der Waals surface area contributed by atoms with Gasteiger partial charge in [0, 0.05) is 11.8 Å². The molecule has 0 aromatic heterocycles. The van der Waals surface area contributed by atoms with Crippen molar-refractivity contribution in [2.45, 2.75) is 25.0 Å². The summed E-state index contributed by atoms with van der Waals surface area (Å²) in [7, 11) is 0. The highest BCUT2D eigenvalue weighted by molar-refractivity contribution is 8.00. The van der Waals surface area contributed by atoms with Crippen LogP contribution in [-0.4, -0.2) is 34.7 Å². The second-order valence-corrected chi connectivity index (χ2v) is 6.18. The normalized spacial score (nSPS) is 17.8. The standard InChI is InChI=1S/C14H18N2O3S/c1-9-4-2-6-11(13(17)18)12(9)16-14(19)15-8-10-5-3-7-20-10/h2,4,6,10H,3,5,7-8H2,1H3,(H,17,18)(H2,15,16,19). The molecule has 3 N–H and O–H groups in total. The van der Waals surface area contributed by atoms with E-state index in [1.807, 2.05) is 11.8 Å². The number of nitrogens with one attached hydrogen (secondary N) is 2. The Morgan fingerprint density at radius 3 is 2.90 bits per heavy atom. The van der Waals surface area contributed by atoms with Crippen LogP contribution in [0.5, 0.6) is 0 Å². The zero-order valence-electron chi connectivity index (χ0n) is 11.3. The quantitative estimate of drug-likeness (QED) is 0.798. The second kappa shape index (κ2) is 6.65. The number of amides is 2. The lowest BCUT2D eigenvalue weighted by Gasteiger charge is -2.14. The number of carbonyl (C=O) groups is 2. The Hall–Kier alpha value is -1.69. The number of hydrogen-bond donors (Lipinski definition) is 3. The Labute approximate surface area is 122 Å². The van der Waals surface area contributed by atoms with Crippen molar-refractivity contribution in [1.82, 2.24) is 5.32 Å². The minimum atomic E-state index is -1.05. The van der Waals surface area contributed by atoms with Gasteiger partial charge in [-0.15, -0.1) is 0 Å². The number of aromatic carboxylic acids is 1. The first kappa shape index (κ1) is 14.7. The Balaban J connectivity index is 1.98. The minimum absolute atomic E-state index is 0.107. The molecule has 108 valence electrons. The van der Waals surface area contributed by atoms with Crippen molar-refractivity contribution < 1.29 is 14.7 Å². The number of carboxylic acids is 1. The number of carbonyl (C=O) groups excluding carboxylic acids is 1. The Kier molecular flexibility index (Phi) is 4.89. The predicted molar refractivity (Wildman–Crippen MR) is 80.6 cm³/mol. The molecule has 1 aliphatic rings. The smallest absolute Gasteiger partial charge is 0.337 e. The molecule has 6 heteroatoms. The second-order valence-electron chi connectivity index (χ2n) is 4.77. The van der Waals surface area contributed by atoms with E-state index in [0.29, 0.717) is 17.5 Å².